The van der Waals surface area contributed by atoms with E-state index in [0.29, 0.717) is 11.6 Å². The van der Waals surface area contributed by atoms with E-state index in [4.69, 9.17) is 0 Å². The van der Waals surface area contributed by atoms with Crippen molar-refractivity contribution in [2.24, 2.45) is 5.92 Å². The zero-order chi connectivity index (χ0) is 10.2. The summed E-state index contributed by atoms with van der Waals surface area (Å²) in [4.78, 5) is 2.60. The molecule has 2 aliphatic rings. The molecule has 0 amide bonds. The summed E-state index contributed by atoms with van der Waals surface area (Å²) in [7, 11) is 0. The zero-order valence-corrected chi connectivity index (χ0v) is 9.64. The van der Waals surface area contributed by atoms with Crippen molar-refractivity contribution >= 4 is 0 Å². The summed E-state index contributed by atoms with van der Waals surface area (Å²) in [6.45, 7) is 11.6. The molecule has 2 saturated heterocycles. The first-order valence-corrected chi connectivity index (χ1v) is 5.76. The van der Waals surface area contributed by atoms with Crippen LogP contribution >= 0.6 is 0 Å². The first-order valence-electron chi connectivity index (χ1n) is 5.76. The van der Waals surface area contributed by atoms with Gasteiger partial charge in [0.15, 0.2) is 0 Å². The van der Waals surface area contributed by atoms with E-state index < -0.39 is 0 Å². The van der Waals surface area contributed by atoms with Gasteiger partial charge in [0, 0.05) is 31.3 Å². The van der Waals surface area contributed by atoms with Crippen LogP contribution in [0.1, 0.15) is 27.2 Å². The van der Waals surface area contributed by atoms with Crippen LogP contribution < -0.4 is 10.6 Å². The SMILES string of the molecule is CC(C)(C)N1CCC2CNCNC2C1. The summed E-state index contributed by atoms with van der Waals surface area (Å²) in [6, 6.07) is 0.712. The van der Waals surface area contributed by atoms with Gasteiger partial charge in [0.2, 0.25) is 0 Å². The maximum Gasteiger partial charge on any atom is 0.0457 e. The van der Waals surface area contributed by atoms with Crippen molar-refractivity contribution in [2.45, 2.75) is 38.8 Å². The number of hydrogen-bond donors (Lipinski definition) is 2. The monoisotopic (exact) mass is 197 g/mol. The molecule has 2 heterocycles. The molecule has 82 valence electrons. The molecule has 0 bridgehead atoms. The van der Waals surface area contributed by atoms with Gasteiger partial charge in [0.05, 0.1) is 0 Å². The molecular formula is C11H23N3. The van der Waals surface area contributed by atoms with Crippen LogP contribution in [0.3, 0.4) is 0 Å². The van der Waals surface area contributed by atoms with Crippen molar-refractivity contribution in [1.29, 1.82) is 0 Å². The maximum atomic E-state index is 3.57. The van der Waals surface area contributed by atoms with E-state index in [1.807, 2.05) is 0 Å². The number of rotatable bonds is 0. The lowest BCUT2D eigenvalue weighted by Gasteiger charge is -2.47. The van der Waals surface area contributed by atoms with E-state index >= 15 is 0 Å². The Morgan fingerprint density at radius 2 is 2.07 bits per heavy atom. The second-order valence-corrected chi connectivity index (χ2v) is 5.61. The molecule has 3 heteroatoms. The number of nitrogens with zero attached hydrogens (tertiary/aromatic N) is 1. The fourth-order valence-electron chi connectivity index (χ4n) is 2.55. The molecule has 0 radical (unpaired) electrons. The normalized spacial score (nSPS) is 35.4. The van der Waals surface area contributed by atoms with Crippen molar-refractivity contribution in [3.05, 3.63) is 0 Å². The van der Waals surface area contributed by atoms with E-state index in [0.717, 1.165) is 12.6 Å². The summed E-state index contributed by atoms with van der Waals surface area (Å²) < 4.78 is 0. The van der Waals surface area contributed by atoms with Crippen LogP contribution in [0.25, 0.3) is 0 Å². The van der Waals surface area contributed by atoms with Gasteiger partial charge in [-0.2, -0.15) is 0 Å². The molecular weight excluding hydrogens is 174 g/mol. The van der Waals surface area contributed by atoms with E-state index in [-0.39, 0.29) is 0 Å². The second kappa shape index (κ2) is 3.80. The Morgan fingerprint density at radius 1 is 1.29 bits per heavy atom. The third-order valence-electron chi connectivity index (χ3n) is 3.60. The summed E-state index contributed by atoms with van der Waals surface area (Å²) in [5, 5.41) is 6.98. The smallest absolute Gasteiger partial charge is 0.0457 e. The number of nitrogens with one attached hydrogen (secondary N) is 2. The lowest BCUT2D eigenvalue weighted by atomic mass is 9.88. The van der Waals surface area contributed by atoms with Crippen molar-refractivity contribution in [3.63, 3.8) is 0 Å². The molecule has 0 aromatic rings. The molecule has 2 N–H and O–H groups in total. The fraction of sp³-hybridized carbons (Fsp3) is 1.00. The van der Waals surface area contributed by atoms with E-state index in [1.54, 1.807) is 0 Å². The highest BCUT2D eigenvalue weighted by molar-refractivity contribution is 4.92. The highest BCUT2D eigenvalue weighted by atomic mass is 15.2. The molecule has 2 rings (SSSR count). The van der Waals surface area contributed by atoms with Crippen LogP contribution in [0, 0.1) is 5.92 Å². The molecule has 0 saturated carbocycles. The average Bonchev–Trinajstić information content (AvgIpc) is 2.16. The minimum absolute atomic E-state index is 0.331. The predicted molar refractivity (Wildman–Crippen MR) is 59.2 cm³/mol. The van der Waals surface area contributed by atoms with E-state index in [2.05, 4.69) is 36.3 Å². The van der Waals surface area contributed by atoms with Crippen LogP contribution in [-0.2, 0) is 0 Å². The first kappa shape index (κ1) is 10.4. The number of piperidine rings is 1. The van der Waals surface area contributed by atoms with Crippen LogP contribution in [-0.4, -0.2) is 42.8 Å². The second-order valence-electron chi connectivity index (χ2n) is 5.61. The lowest BCUT2D eigenvalue weighted by molar-refractivity contribution is 0.0519. The first-order chi connectivity index (χ1) is 6.57. The Morgan fingerprint density at radius 3 is 2.79 bits per heavy atom. The number of fused-ring (bicyclic) bond motifs is 1. The van der Waals surface area contributed by atoms with Crippen LogP contribution in [0.15, 0.2) is 0 Å². The lowest BCUT2D eigenvalue weighted by Crippen LogP contribution is -2.62. The standard InChI is InChI=1S/C11H23N3/c1-11(2,3)14-5-4-9-6-12-8-13-10(9)7-14/h9-10,12-13H,4-8H2,1-3H3. The molecule has 0 aliphatic carbocycles. The zero-order valence-electron chi connectivity index (χ0n) is 9.64. The molecule has 2 aliphatic heterocycles. The fourth-order valence-corrected chi connectivity index (χ4v) is 2.55. The molecule has 2 unspecified atom stereocenters. The summed E-state index contributed by atoms with van der Waals surface area (Å²) in [5.74, 6) is 0.849. The minimum Gasteiger partial charge on any atom is -0.304 e. The molecule has 2 atom stereocenters. The van der Waals surface area contributed by atoms with Gasteiger partial charge in [0.1, 0.15) is 0 Å². The third kappa shape index (κ3) is 2.10. The van der Waals surface area contributed by atoms with Gasteiger partial charge in [0.25, 0.3) is 0 Å². The summed E-state index contributed by atoms with van der Waals surface area (Å²) in [5.41, 5.74) is 0.331. The topological polar surface area (TPSA) is 27.3 Å². The largest absolute Gasteiger partial charge is 0.304 e. The molecule has 3 nitrogen and oxygen atoms in total. The highest BCUT2D eigenvalue weighted by Crippen LogP contribution is 2.24. The summed E-state index contributed by atoms with van der Waals surface area (Å²) >= 11 is 0. The quantitative estimate of drug-likeness (QED) is 0.596. The maximum absolute atomic E-state index is 3.57. The van der Waals surface area contributed by atoms with Gasteiger partial charge in [-0.1, -0.05) is 0 Å². The predicted octanol–water partition coefficient (Wildman–Crippen LogP) is 0.626. The molecule has 2 fully saturated rings. The number of hydrogen-bond acceptors (Lipinski definition) is 3. The average molecular weight is 197 g/mol. The number of likely N-dealkylation sites (tertiary alicyclic amines) is 1. The molecule has 0 aromatic heterocycles. The molecule has 14 heavy (non-hydrogen) atoms. The van der Waals surface area contributed by atoms with Crippen LogP contribution in [0.5, 0.6) is 0 Å². The van der Waals surface area contributed by atoms with Crippen molar-refractivity contribution in [2.75, 3.05) is 26.3 Å². The Labute approximate surface area is 87.2 Å². The Balaban J connectivity index is 1.96. The van der Waals surface area contributed by atoms with Crippen LogP contribution in [0.4, 0.5) is 0 Å². The minimum atomic E-state index is 0.331. The van der Waals surface area contributed by atoms with E-state index in [1.165, 1.54) is 26.1 Å². The highest BCUT2D eigenvalue weighted by Gasteiger charge is 2.34. The summed E-state index contributed by atoms with van der Waals surface area (Å²) in [6.07, 6.45) is 1.34. The van der Waals surface area contributed by atoms with Crippen molar-refractivity contribution < 1.29 is 0 Å². The third-order valence-corrected chi connectivity index (χ3v) is 3.60. The Kier molecular flexibility index (Phi) is 2.82. The Bertz CT molecular complexity index is 197. The van der Waals surface area contributed by atoms with Gasteiger partial charge in [-0.3, -0.25) is 4.90 Å². The van der Waals surface area contributed by atoms with Gasteiger partial charge in [-0.05, 0) is 39.7 Å². The van der Waals surface area contributed by atoms with Crippen LogP contribution in [0.2, 0.25) is 0 Å². The van der Waals surface area contributed by atoms with E-state index in [9.17, 15) is 0 Å². The Hall–Kier alpha value is -0.120. The van der Waals surface area contributed by atoms with Gasteiger partial charge in [-0.15, -0.1) is 0 Å². The molecule has 0 aromatic carbocycles. The van der Waals surface area contributed by atoms with Gasteiger partial charge >= 0.3 is 0 Å². The van der Waals surface area contributed by atoms with Gasteiger partial charge < -0.3 is 10.6 Å². The van der Waals surface area contributed by atoms with Crippen molar-refractivity contribution in [1.82, 2.24) is 15.5 Å². The van der Waals surface area contributed by atoms with Gasteiger partial charge in [-0.25, -0.2) is 0 Å². The van der Waals surface area contributed by atoms with Crippen molar-refractivity contribution in [3.8, 4) is 0 Å². The molecule has 0 spiro atoms.